The summed E-state index contributed by atoms with van der Waals surface area (Å²) in [6, 6.07) is 7.78. The predicted molar refractivity (Wildman–Crippen MR) is 82.1 cm³/mol. The molecule has 0 aromatic heterocycles. The van der Waals surface area contributed by atoms with Crippen molar-refractivity contribution in [3.63, 3.8) is 0 Å². The van der Waals surface area contributed by atoms with Gasteiger partial charge in [-0.15, -0.1) is 0 Å². The first-order valence-electron chi connectivity index (χ1n) is 7.26. The van der Waals surface area contributed by atoms with E-state index in [9.17, 15) is 0 Å². The molecule has 3 heteroatoms. The Morgan fingerprint density at radius 1 is 1.26 bits per heavy atom. The molecule has 1 saturated carbocycles. The van der Waals surface area contributed by atoms with Gasteiger partial charge in [0.2, 0.25) is 0 Å². The Kier molecular flexibility index (Phi) is 4.04. The van der Waals surface area contributed by atoms with Crippen molar-refractivity contribution in [1.82, 2.24) is 5.32 Å². The summed E-state index contributed by atoms with van der Waals surface area (Å²) in [6.07, 6.45) is 8.72. The van der Waals surface area contributed by atoms with E-state index in [0.29, 0.717) is 12.1 Å². The summed E-state index contributed by atoms with van der Waals surface area (Å²) in [6.45, 7) is 0. The van der Waals surface area contributed by atoms with Crippen molar-refractivity contribution in [2.45, 2.75) is 49.4 Å². The molecule has 2 aliphatic carbocycles. The summed E-state index contributed by atoms with van der Waals surface area (Å²) in [5, 5.41) is 4.75. The first-order valence-corrected chi connectivity index (χ1v) is 8.54. The van der Waals surface area contributed by atoms with Gasteiger partial charge in [-0.3, -0.25) is 0 Å². The summed E-state index contributed by atoms with van der Waals surface area (Å²) < 4.78 is 5.36. The number of hydrogen-bond donors (Lipinski definition) is 1. The highest BCUT2D eigenvalue weighted by Crippen LogP contribution is 2.36. The minimum absolute atomic E-state index is 0.538. The molecule has 0 spiro atoms. The van der Waals surface area contributed by atoms with Crippen LogP contribution in [-0.2, 0) is 6.42 Å². The van der Waals surface area contributed by atoms with Crippen LogP contribution in [0.3, 0.4) is 0 Å². The summed E-state index contributed by atoms with van der Waals surface area (Å²) in [5.74, 6) is 0.987. The van der Waals surface area contributed by atoms with Crippen LogP contribution in [0.4, 0.5) is 0 Å². The van der Waals surface area contributed by atoms with Gasteiger partial charge in [-0.2, -0.15) is 11.8 Å². The zero-order valence-electron chi connectivity index (χ0n) is 11.8. The van der Waals surface area contributed by atoms with Crippen LogP contribution in [0.2, 0.25) is 0 Å². The zero-order chi connectivity index (χ0) is 13.2. The van der Waals surface area contributed by atoms with E-state index in [0.717, 1.165) is 11.0 Å². The molecule has 1 aromatic rings. The average molecular weight is 277 g/mol. The smallest absolute Gasteiger partial charge is 0.119 e. The molecule has 0 heterocycles. The van der Waals surface area contributed by atoms with E-state index < -0.39 is 0 Å². The number of hydrogen-bond acceptors (Lipinski definition) is 3. The third kappa shape index (κ3) is 2.77. The van der Waals surface area contributed by atoms with E-state index >= 15 is 0 Å². The summed E-state index contributed by atoms with van der Waals surface area (Å²) in [4.78, 5) is 0. The lowest BCUT2D eigenvalue weighted by molar-refractivity contribution is 0.410. The maximum absolute atomic E-state index is 5.36. The largest absolute Gasteiger partial charge is 0.497 e. The lowest BCUT2D eigenvalue weighted by atomic mass is 10.1. The topological polar surface area (TPSA) is 21.3 Å². The van der Waals surface area contributed by atoms with E-state index in [1.54, 1.807) is 7.11 Å². The molecule has 3 unspecified atom stereocenters. The minimum Gasteiger partial charge on any atom is -0.497 e. The van der Waals surface area contributed by atoms with Crippen molar-refractivity contribution in [2.24, 2.45) is 0 Å². The summed E-state index contributed by atoms with van der Waals surface area (Å²) in [5.41, 5.74) is 2.96. The second-order valence-corrected chi connectivity index (χ2v) is 6.83. The van der Waals surface area contributed by atoms with Crippen molar-refractivity contribution in [1.29, 1.82) is 0 Å². The minimum atomic E-state index is 0.538. The van der Waals surface area contributed by atoms with Crippen LogP contribution in [0.1, 0.15) is 42.9 Å². The van der Waals surface area contributed by atoms with E-state index in [1.165, 1.54) is 43.2 Å². The van der Waals surface area contributed by atoms with Crippen LogP contribution in [0.15, 0.2) is 18.2 Å². The normalized spacial score (nSPS) is 29.5. The first kappa shape index (κ1) is 13.3. The second kappa shape index (κ2) is 5.76. The van der Waals surface area contributed by atoms with Crippen molar-refractivity contribution in [2.75, 3.05) is 13.4 Å². The number of nitrogens with one attached hydrogen (secondary N) is 1. The van der Waals surface area contributed by atoms with Gasteiger partial charge in [0.15, 0.2) is 0 Å². The molecule has 0 amide bonds. The molecule has 0 radical (unpaired) electrons. The van der Waals surface area contributed by atoms with E-state index in [4.69, 9.17) is 4.74 Å². The Morgan fingerprint density at radius 2 is 2.16 bits per heavy atom. The molecule has 1 fully saturated rings. The number of aryl methyl sites for hydroxylation is 1. The number of benzene rings is 1. The third-order valence-electron chi connectivity index (χ3n) is 4.59. The maximum atomic E-state index is 5.36. The van der Waals surface area contributed by atoms with Gasteiger partial charge in [-0.05, 0) is 61.6 Å². The molecule has 1 N–H and O–H groups in total. The summed E-state index contributed by atoms with van der Waals surface area (Å²) in [7, 11) is 1.75. The Labute approximate surface area is 120 Å². The fourth-order valence-electron chi connectivity index (χ4n) is 3.47. The number of fused-ring (bicyclic) bond motifs is 1. The van der Waals surface area contributed by atoms with Gasteiger partial charge < -0.3 is 10.1 Å². The molecule has 2 nitrogen and oxygen atoms in total. The highest BCUT2D eigenvalue weighted by Gasteiger charge is 2.29. The van der Waals surface area contributed by atoms with Gasteiger partial charge >= 0.3 is 0 Å². The Morgan fingerprint density at radius 3 is 2.89 bits per heavy atom. The van der Waals surface area contributed by atoms with Crippen molar-refractivity contribution in [3.05, 3.63) is 29.3 Å². The summed E-state index contributed by atoms with van der Waals surface area (Å²) >= 11 is 2.03. The molecule has 104 valence electrons. The van der Waals surface area contributed by atoms with Crippen molar-refractivity contribution < 1.29 is 4.74 Å². The molecule has 19 heavy (non-hydrogen) atoms. The van der Waals surface area contributed by atoms with Gasteiger partial charge in [-0.1, -0.05) is 6.07 Å². The highest BCUT2D eigenvalue weighted by molar-refractivity contribution is 7.99. The van der Waals surface area contributed by atoms with E-state index in [2.05, 4.69) is 29.8 Å². The Bertz CT molecular complexity index is 448. The van der Waals surface area contributed by atoms with Crippen LogP contribution in [0, 0.1) is 0 Å². The monoisotopic (exact) mass is 277 g/mol. The molecule has 0 bridgehead atoms. The predicted octanol–water partition coefficient (Wildman–Crippen LogP) is 3.56. The lowest BCUT2D eigenvalue weighted by Crippen LogP contribution is -2.30. The van der Waals surface area contributed by atoms with Gasteiger partial charge in [0.1, 0.15) is 5.75 Å². The van der Waals surface area contributed by atoms with Crippen LogP contribution in [0.25, 0.3) is 0 Å². The zero-order valence-corrected chi connectivity index (χ0v) is 12.6. The SMILES string of the molecule is COc1ccc2c(c1)C(NC1CCC(SC)C1)CC2. The van der Waals surface area contributed by atoms with Crippen molar-refractivity contribution in [3.8, 4) is 5.75 Å². The molecular formula is C16H23NOS. The second-order valence-electron chi connectivity index (χ2n) is 5.69. The molecular weight excluding hydrogens is 254 g/mol. The highest BCUT2D eigenvalue weighted by atomic mass is 32.2. The number of thioether (sulfide) groups is 1. The first-order chi connectivity index (χ1) is 9.30. The maximum Gasteiger partial charge on any atom is 0.119 e. The van der Waals surface area contributed by atoms with Crippen LogP contribution < -0.4 is 10.1 Å². The molecule has 0 saturated heterocycles. The van der Waals surface area contributed by atoms with Crippen LogP contribution in [0.5, 0.6) is 5.75 Å². The number of methoxy groups -OCH3 is 1. The quantitative estimate of drug-likeness (QED) is 0.909. The Hall–Kier alpha value is -0.670. The lowest BCUT2D eigenvalue weighted by Gasteiger charge is -2.20. The van der Waals surface area contributed by atoms with Crippen LogP contribution in [-0.4, -0.2) is 24.7 Å². The number of ether oxygens (including phenoxy) is 1. The Balaban J connectivity index is 1.68. The van der Waals surface area contributed by atoms with Gasteiger partial charge in [0, 0.05) is 17.3 Å². The molecule has 0 aliphatic heterocycles. The molecule has 1 aromatic carbocycles. The van der Waals surface area contributed by atoms with E-state index in [-0.39, 0.29) is 0 Å². The molecule has 3 atom stereocenters. The third-order valence-corrected chi connectivity index (χ3v) is 5.68. The average Bonchev–Trinajstić information content (AvgIpc) is 3.06. The van der Waals surface area contributed by atoms with Crippen LogP contribution >= 0.6 is 11.8 Å². The molecule has 2 aliphatic rings. The number of rotatable bonds is 4. The van der Waals surface area contributed by atoms with Crippen molar-refractivity contribution >= 4 is 11.8 Å². The molecule has 3 rings (SSSR count). The fraction of sp³-hybridized carbons (Fsp3) is 0.625. The standard InChI is InChI=1S/C16H23NOS/c1-18-13-6-3-11-4-8-16(15(11)10-13)17-12-5-7-14(9-12)19-2/h3,6,10,12,14,16-17H,4-5,7-9H2,1-2H3. The van der Waals surface area contributed by atoms with Gasteiger partial charge in [0.05, 0.1) is 7.11 Å². The van der Waals surface area contributed by atoms with E-state index in [1.807, 2.05) is 11.8 Å². The van der Waals surface area contributed by atoms with Gasteiger partial charge in [-0.25, -0.2) is 0 Å². The van der Waals surface area contributed by atoms with Gasteiger partial charge in [0.25, 0.3) is 0 Å². The fourth-order valence-corrected chi connectivity index (χ4v) is 4.27.